The van der Waals surface area contributed by atoms with Crippen LogP contribution < -0.4 is 10.6 Å². The van der Waals surface area contributed by atoms with Gasteiger partial charge in [-0.25, -0.2) is 17.6 Å². The summed E-state index contributed by atoms with van der Waals surface area (Å²) in [6.45, 7) is 0. The van der Waals surface area contributed by atoms with Gasteiger partial charge in [0, 0.05) is 36.2 Å². The molecule has 1 heterocycles. The summed E-state index contributed by atoms with van der Waals surface area (Å²) in [6.07, 6.45) is 1.96. The van der Waals surface area contributed by atoms with Gasteiger partial charge in [-0.3, -0.25) is 9.59 Å². The van der Waals surface area contributed by atoms with E-state index in [9.17, 15) is 27.2 Å². The zero-order valence-corrected chi connectivity index (χ0v) is 17.4. The molecule has 5 rings (SSSR count). The topological polar surface area (TPSA) is 74.0 Å². The fourth-order valence-corrected chi connectivity index (χ4v) is 4.65. The Kier molecular flexibility index (Phi) is 5.14. The molecule has 0 spiro atoms. The monoisotopic (exact) mass is 459 g/mol. The first-order valence-electron chi connectivity index (χ1n) is 10.8. The highest BCUT2D eigenvalue weighted by Crippen LogP contribution is 2.41. The molecular formula is C24H21F4N3O2. The van der Waals surface area contributed by atoms with Crippen LogP contribution in [0.15, 0.2) is 42.6 Å². The third-order valence-corrected chi connectivity index (χ3v) is 6.57. The number of H-pyrrole nitrogens is 1. The molecule has 2 aromatic carbocycles. The number of alkyl halides is 2. The van der Waals surface area contributed by atoms with Crippen LogP contribution in [-0.2, 0) is 9.59 Å². The number of ketones is 2. The van der Waals surface area contributed by atoms with Crippen molar-refractivity contribution in [2.45, 2.75) is 49.6 Å². The van der Waals surface area contributed by atoms with E-state index in [4.69, 9.17) is 0 Å². The van der Waals surface area contributed by atoms with Crippen LogP contribution >= 0.6 is 0 Å². The van der Waals surface area contributed by atoms with E-state index in [0.29, 0.717) is 35.1 Å². The third kappa shape index (κ3) is 3.96. The van der Waals surface area contributed by atoms with Crippen molar-refractivity contribution in [3.8, 4) is 0 Å². The minimum atomic E-state index is -2.61. The summed E-state index contributed by atoms with van der Waals surface area (Å²) in [5, 5.41) is 6.37. The Morgan fingerprint density at radius 2 is 1.58 bits per heavy atom. The summed E-state index contributed by atoms with van der Waals surface area (Å²) in [4.78, 5) is 27.3. The van der Waals surface area contributed by atoms with E-state index in [-0.39, 0.29) is 18.8 Å². The van der Waals surface area contributed by atoms with Crippen molar-refractivity contribution in [3.63, 3.8) is 0 Å². The van der Waals surface area contributed by atoms with E-state index in [0.717, 1.165) is 17.7 Å². The van der Waals surface area contributed by atoms with Crippen LogP contribution in [0.4, 0.5) is 28.9 Å². The number of hydrogen-bond donors (Lipinski definition) is 3. The van der Waals surface area contributed by atoms with Gasteiger partial charge in [0.05, 0.1) is 11.2 Å². The van der Waals surface area contributed by atoms with Gasteiger partial charge in [0.1, 0.15) is 12.1 Å². The number of anilines is 2. The zero-order valence-electron chi connectivity index (χ0n) is 17.4. The van der Waals surface area contributed by atoms with E-state index >= 15 is 0 Å². The number of fused-ring (bicyclic) bond motifs is 1. The number of rotatable bonds is 5. The molecule has 1 aromatic heterocycles. The Morgan fingerprint density at radius 3 is 2.30 bits per heavy atom. The molecule has 0 amide bonds. The normalized spacial score (nSPS) is 22.9. The van der Waals surface area contributed by atoms with Gasteiger partial charge >= 0.3 is 0 Å². The Labute approximate surface area is 186 Å². The quantitative estimate of drug-likeness (QED) is 0.364. The van der Waals surface area contributed by atoms with Crippen LogP contribution in [0.2, 0.25) is 0 Å². The highest BCUT2D eigenvalue weighted by molar-refractivity contribution is 6.50. The SMILES string of the molecule is O=C1C(=O)C(Nc2c[nH]c3cc(F)c(F)cc23)C1Nc1cccc(C2CCC(F)(F)CC2)c1. The average molecular weight is 459 g/mol. The van der Waals surface area contributed by atoms with Crippen LogP contribution in [0.1, 0.15) is 37.2 Å². The van der Waals surface area contributed by atoms with Gasteiger partial charge in [-0.15, -0.1) is 0 Å². The molecule has 172 valence electrons. The first kappa shape index (κ1) is 21.5. The molecule has 2 atom stereocenters. The molecule has 3 N–H and O–H groups in total. The predicted molar refractivity (Wildman–Crippen MR) is 116 cm³/mol. The second kappa shape index (κ2) is 7.90. The fourth-order valence-electron chi connectivity index (χ4n) is 4.65. The lowest BCUT2D eigenvalue weighted by molar-refractivity contribution is -0.144. The largest absolute Gasteiger partial charge is 0.373 e. The molecule has 2 aliphatic carbocycles. The molecule has 3 aromatic rings. The Morgan fingerprint density at radius 1 is 0.909 bits per heavy atom. The van der Waals surface area contributed by atoms with Crippen molar-refractivity contribution in [2.24, 2.45) is 0 Å². The number of halogens is 4. The summed E-state index contributed by atoms with van der Waals surface area (Å²) in [6, 6.07) is 7.54. The predicted octanol–water partition coefficient (Wildman–Crippen LogP) is 5.15. The van der Waals surface area contributed by atoms with Crippen molar-refractivity contribution in [2.75, 3.05) is 10.6 Å². The summed E-state index contributed by atoms with van der Waals surface area (Å²) >= 11 is 0. The summed E-state index contributed by atoms with van der Waals surface area (Å²) in [5.74, 6) is -5.82. The minimum absolute atomic E-state index is 0.0144. The molecule has 2 aliphatic rings. The lowest BCUT2D eigenvalue weighted by Crippen LogP contribution is -2.64. The number of Topliss-reactive ketones (excluding diaryl/α,β-unsaturated/α-hetero) is 2. The highest BCUT2D eigenvalue weighted by atomic mass is 19.3. The molecule has 0 radical (unpaired) electrons. The highest BCUT2D eigenvalue weighted by Gasteiger charge is 2.49. The first-order valence-corrected chi connectivity index (χ1v) is 10.8. The standard InChI is InChI=1S/C24H21F4N3O2/c25-16-9-15-18(10-17(16)26)29-11-19(15)31-21-20(22(32)23(21)33)30-14-3-1-2-13(8-14)12-4-6-24(27,28)7-5-12/h1-3,8-12,20-21,29-31H,4-7H2. The third-order valence-electron chi connectivity index (χ3n) is 6.57. The summed E-state index contributed by atoms with van der Waals surface area (Å²) in [7, 11) is 0. The van der Waals surface area contributed by atoms with E-state index in [1.54, 1.807) is 12.1 Å². The van der Waals surface area contributed by atoms with E-state index in [1.807, 2.05) is 12.1 Å². The van der Waals surface area contributed by atoms with Gasteiger partial charge in [0.25, 0.3) is 0 Å². The number of carbonyl (C=O) groups excluding carboxylic acids is 2. The van der Waals surface area contributed by atoms with Crippen LogP contribution in [0.5, 0.6) is 0 Å². The number of carbonyl (C=O) groups is 2. The molecule has 33 heavy (non-hydrogen) atoms. The average Bonchev–Trinajstić information content (AvgIpc) is 3.17. The van der Waals surface area contributed by atoms with E-state index in [2.05, 4.69) is 15.6 Å². The van der Waals surface area contributed by atoms with Gasteiger partial charge in [-0.05, 0) is 42.5 Å². The molecule has 0 aliphatic heterocycles. The van der Waals surface area contributed by atoms with Crippen molar-refractivity contribution >= 4 is 33.8 Å². The second-order valence-electron chi connectivity index (χ2n) is 8.74. The lowest BCUT2D eigenvalue weighted by Gasteiger charge is -2.35. The Balaban J connectivity index is 1.32. The van der Waals surface area contributed by atoms with Crippen molar-refractivity contribution in [3.05, 3.63) is 59.8 Å². The van der Waals surface area contributed by atoms with Gasteiger partial charge in [-0.2, -0.15) is 0 Å². The van der Waals surface area contributed by atoms with Gasteiger partial charge in [-0.1, -0.05) is 12.1 Å². The number of hydrogen-bond acceptors (Lipinski definition) is 4. The molecule has 5 nitrogen and oxygen atoms in total. The Hall–Kier alpha value is -3.36. The summed E-state index contributed by atoms with van der Waals surface area (Å²) in [5.41, 5.74) is 2.24. The van der Waals surface area contributed by atoms with Crippen LogP contribution in [0.3, 0.4) is 0 Å². The van der Waals surface area contributed by atoms with Gasteiger partial charge < -0.3 is 15.6 Å². The van der Waals surface area contributed by atoms with Crippen LogP contribution in [0, 0.1) is 11.6 Å². The van der Waals surface area contributed by atoms with Gasteiger partial charge in [0.2, 0.25) is 17.5 Å². The molecule has 2 unspecified atom stereocenters. The molecular weight excluding hydrogens is 438 g/mol. The second-order valence-corrected chi connectivity index (χ2v) is 8.74. The fraction of sp³-hybridized carbons (Fsp3) is 0.333. The lowest BCUT2D eigenvalue weighted by atomic mass is 9.81. The summed E-state index contributed by atoms with van der Waals surface area (Å²) < 4.78 is 54.1. The minimum Gasteiger partial charge on any atom is -0.373 e. The number of aromatic nitrogens is 1. The molecule has 0 saturated heterocycles. The number of nitrogens with one attached hydrogen (secondary N) is 3. The van der Waals surface area contributed by atoms with E-state index in [1.165, 1.54) is 6.20 Å². The van der Waals surface area contributed by atoms with Crippen LogP contribution in [-0.4, -0.2) is 34.6 Å². The maximum absolute atomic E-state index is 13.7. The van der Waals surface area contributed by atoms with Gasteiger partial charge in [0.15, 0.2) is 11.6 Å². The van der Waals surface area contributed by atoms with Crippen molar-refractivity contribution < 1.29 is 27.2 Å². The molecule has 2 fully saturated rings. The maximum atomic E-state index is 13.7. The molecule has 0 bridgehead atoms. The van der Waals surface area contributed by atoms with Crippen LogP contribution in [0.25, 0.3) is 10.9 Å². The molecule has 2 saturated carbocycles. The smallest absolute Gasteiger partial charge is 0.248 e. The maximum Gasteiger partial charge on any atom is 0.248 e. The number of benzene rings is 2. The first-order chi connectivity index (χ1) is 15.7. The zero-order chi connectivity index (χ0) is 23.3. The molecule has 9 heteroatoms. The van der Waals surface area contributed by atoms with Crippen molar-refractivity contribution in [1.82, 2.24) is 4.98 Å². The number of aromatic amines is 1. The van der Waals surface area contributed by atoms with E-state index < -0.39 is 41.2 Å². The van der Waals surface area contributed by atoms with Crippen molar-refractivity contribution in [1.29, 1.82) is 0 Å². The Bertz CT molecular complexity index is 1250.